The predicted molar refractivity (Wildman–Crippen MR) is 105 cm³/mol. The first-order valence-corrected chi connectivity index (χ1v) is 11.0. The molecule has 6 nitrogen and oxygen atoms in total. The number of aromatic nitrogens is 1. The van der Waals surface area contributed by atoms with E-state index in [1.165, 1.54) is 15.6 Å². The number of piperazine rings is 1. The minimum atomic E-state index is -3.67. The van der Waals surface area contributed by atoms with Crippen LogP contribution in [0.15, 0.2) is 52.2 Å². The van der Waals surface area contributed by atoms with Crippen LogP contribution in [0.5, 0.6) is 0 Å². The lowest BCUT2D eigenvalue weighted by Gasteiger charge is -2.34. The molecule has 27 heavy (non-hydrogen) atoms. The van der Waals surface area contributed by atoms with Gasteiger partial charge < -0.3 is 4.90 Å². The summed E-state index contributed by atoms with van der Waals surface area (Å²) >= 11 is 1.48. The number of hydrogen-bond donors (Lipinski definition) is 0. The van der Waals surface area contributed by atoms with E-state index in [0.29, 0.717) is 24.2 Å². The molecule has 0 N–H and O–H groups in total. The van der Waals surface area contributed by atoms with Crippen molar-refractivity contribution in [1.82, 2.24) is 14.2 Å². The van der Waals surface area contributed by atoms with Gasteiger partial charge >= 0.3 is 0 Å². The summed E-state index contributed by atoms with van der Waals surface area (Å²) in [6, 6.07) is 8.93. The fraction of sp³-hybridized carbons (Fsp3) is 0.263. The third-order valence-corrected chi connectivity index (χ3v) is 7.34. The smallest absolute Gasteiger partial charge is 0.254 e. The van der Waals surface area contributed by atoms with E-state index < -0.39 is 10.0 Å². The second kappa shape index (κ2) is 7.03. The Bertz CT molecular complexity index is 1090. The van der Waals surface area contributed by atoms with Crippen LogP contribution in [0.25, 0.3) is 10.9 Å². The lowest BCUT2D eigenvalue weighted by molar-refractivity contribution is 0.0698. The summed E-state index contributed by atoms with van der Waals surface area (Å²) in [5.74, 6) is -0.0457. The number of thiophene rings is 1. The number of carbonyl (C=O) groups is 1. The second-order valence-electron chi connectivity index (χ2n) is 6.55. The quantitative estimate of drug-likeness (QED) is 0.677. The van der Waals surface area contributed by atoms with Crippen molar-refractivity contribution < 1.29 is 13.2 Å². The van der Waals surface area contributed by atoms with Gasteiger partial charge in [-0.1, -0.05) is 12.1 Å². The minimum absolute atomic E-state index is 0.0457. The van der Waals surface area contributed by atoms with E-state index in [1.54, 1.807) is 29.3 Å². The van der Waals surface area contributed by atoms with Crippen LogP contribution < -0.4 is 0 Å². The Labute approximate surface area is 162 Å². The van der Waals surface area contributed by atoms with Crippen LogP contribution in [-0.2, 0) is 10.0 Å². The summed E-state index contributed by atoms with van der Waals surface area (Å²) in [5, 5.41) is 4.49. The van der Waals surface area contributed by atoms with Gasteiger partial charge in [-0.25, -0.2) is 8.42 Å². The zero-order valence-electron chi connectivity index (χ0n) is 14.8. The first-order valence-electron chi connectivity index (χ1n) is 8.64. The summed E-state index contributed by atoms with van der Waals surface area (Å²) in [7, 11) is -3.67. The average Bonchev–Trinajstić information content (AvgIpc) is 3.21. The lowest BCUT2D eigenvalue weighted by atomic mass is 10.2. The van der Waals surface area contributed by atoms with E-state index in [-0.39, 0.29) is 23.9 Å². The monoisotopic (exact) mass is 401 g/mol. The zero-order chi connectivity index (χ0) is 19.0. The van der Waals surface area contributed by atoms with Crippen molar-refractivity contribution in [1.29, 1.82) is 0 Å². The molecule has 0 atom stereocenters. The maximum absolute atomic E-state index is 13.2. The average molecular weight is 402 g/mol. The molecular weight excluding hydrogens is 382 g/mol. The molecule has 1 aliphatic heterocycles. The SMILES string of the molecule is Cc1cnc2c(S(=O)(=O)N3CCN(C(=O)c4ccsc4)CC3)cccc2c1. The topological polar surface area (TPSA) is 70.6 Å². The van der Waals surface area contributed by atoms with Crippen LogP contribution in [0.4, 0.5) is 0 Å². The van der Waals surface area contributed by atoms with Crippen LogP contribution in [0, 0.1) is 6.92 Å². The van der Waals surface area contributed by atoms with Crippen LogP contribution in [0.2, 0.25) is 0 Å². The van der Waals surface area contributed by atoms with Crippen LogP contribution in [0.1, 0.15) is 15.9 Å². The van der Waals surface area contributed by atoms with Crippen LogP contribution in [0.3, 0.4) is 0 Å². The maximum atomic E-state index is 13.2. The van der Waals surface area contributed by atoms with Crippen molar-refractivity contribution in [2.45, 2.75) is 11.8 Å². The van der Waals surface area contributed by atoms with Crippen molar-refractivity contribution in [3.63, 3.8) is 0 Å². The highest BCUT2D eigenvalue weighted by molar-refractivity contribution is 7.89. The number of amides is 1. The molecule has 0 unspecified atom stereocenters. The summed E-state index contributed by atoms with van der Waals surface area (Å²) in [5.41, 5.74) is 2.13. The van der Waals surface area contributed by atoms with Crippen LogP contribution >= 0.6 is 11.3 Å². The van der Waals surface area contributed by atoms with E-state index in [1.807, 2.05) is 29.8 Å². The highest BCUT2D eigenvalue weighted by Gasteiger charge is 2.31. The molecule has 4 rings (SSSR count). The maximum Gasteiger partial charge on any atom is 0.254 e. The van der Waals surface area contributed by atoms with E-state index in [9.17, 15) is 13.2 Å². The first kappa shape index (κ1) is 18.1. The van der Waals surface area contributed by atoms with Gasteiger partial charge in [0.2, 0.25) is 10.0 Å². The Morgan fingerprint density at radius 1 is 1.15 bits per heavy atom. The minimum Gasteiger partial charge on any atom is -0.336 e. The molecule has 1 fully saturated rings. The van der Waals surface area contributed by atoms with Gasteiger partial charge in [0.1, 0.15) is 4.90 Å². The van der Waals surface area contributed by atoms with Crippen molar-refractivity contribution in [3.8, 4) is 0 Å². The molecule has 0 bridgehead atoms. The highest BCUT2D eigenvalue weighted by atomic mass is 32.2. The number of rotatable bonds is 3. The van der Waals surface area contributed by atoms with Gasteiger partial charge in [-0.05, 0) is 36.1 Å². The predicted octanol–water partition coefficient (Wildman–Crippen LogP) is 2.75. The number of nitrogens with zero attached hydrogens (tertiary/aromatic N) is 3. The molecule has 8 heteroatoms. The number of hydrogen-bond acceptors (Lipinski definition) is 5. The van der Waals surface area contributed by atoms with Gasteiger partial charge in [0.25, 0.3) is 5.91 Å². The highest BCUT2D eigenvalue weighted by Crippen LogP contribution is 2.26. The Hall–Kier alpha value is -2.29. The van der Waals surface area contributed by atoms with Crippen LogP contribution in [-0.4, -0.2) is 54.7 Å². The fourth-order valence-electron chi connectivity index (χ4n) is 3.29. The molecule has 0 aliphatic carbocycles. The standard InChI is InChI=1S/C19H19N3O3S2/c1-14-11-15-3-2-4-17(18(15)20-12-14)27(24,25)22-8-6-21(7-9-22)19(23)16-5-10-26-13-16/h2-5,10-13H,6-9H2,1H3. The van der Waals surface area contributed by atoms with Gasteiger partial charge in [-0.15, -0.1) is 0 Å². The number of para-hydroxylation sites is 1. The lowest BCUT2D eigenvalue weighted by Crippen LogP contribution is -2.50. The molecule has 1 aliphatic rings. The van der Waals surface area contributed by atoms with Gasteiger partial charge in [-0.2, -0.15) is 15.6 Å². The molecule has 3 aromatic rings. The molecule has 3 heterocycles. The third-order valence-electron chi connectivity index (χ3n) is 4.72. The second-order valence-corrected chi connectivity index (χ2v) is 9.24. The van der Waals surface area contributed by atoms with Crippen molar-refractivity contribution >= 4 is 38.2 Å². The fourth-order valence-corrected chi connectivity index (χ4v) is 5.51. The molecule has 1 aromatic carbocycles. The number of aryl methyl sites for hydroxylation is 1. The summed E-state index contributed by atoms with van der Waals surface area (Å²) < 4.78 is 27.8. The van der Waals surface area contributed by atoms with Gasteiger partial charge in [0.05, 0.1) is 11.1 Å². The Kier molecular flexibility index (Phi) is 4.71. The number of sulfonamides is 1. The van der Waals surface area contributed by atoms with Gasteiger partial charge in [0, 0.05) is 43.1 Å². The molecular formula is C19H19N3O3S2. The Balaban J connectivity index is 1.57. The number of carbonyl (C=O) groups excluding carboxylic acids is 1. The van der Waals surface area contributed by atoms with E-state index in [0.717, 1.165) is 10.9 Å². The number of pyridine rings is 1. The van der Waals surface area contributed by atoms with Gasteiger partial charge in [0.15, 0.2) is 0 Å². The molecule has 0 spiro atoms. The van der Waals surface area contributed by atoms with E-state index in [2.05, 4.69) is 4.98 Å². The molecule has 1 saturated heterocycles. The summed E-state index contributed by atoms with van der Waals surface area (Å²) in [6.07, 6.45) is 1.68. The molecule has 2 aromatic heterocycles. The largest absolute Gasteiger partial charge is 0.336 e. The zero-order valence-corrected chi connectivity index (χ0v) is 16.5. The molecule has 0 saturated carbocycles. The van der Waals surface area contributed by atoms with Gasteiger partial charge in [-0.3, -0.25) is 9.78 Å². The number of fused-ring (bicyclic) bond motifs is 1. The molecule has 140 valence electrons. The molecule has 1 amide bonds. The first-order chi connectivity index (χ1) is 13.0. The van der Waals surface area contributed by atoms with Crippen molar-refractivity contribution in [2.75, 3.05) is 26.2 Å². The Morgan fingerprint density at radius 3 is 2.63 bits per heavy atom. The number of benzene rings is 1. The third kappa shape index (κ3) is 3.36. The molecule has 0 radical (unpaired) electrons. The Morgan fingerprint density at radius 2 is 1.93 bits per heavy atom. The van der Waals surface area contributed by atoms with Crippen molar-refractivity contribution in [3.05, 3.63) is 58.4 Å². The van der Waals surface area contributed by atoms with Crippen molar-refractivity contribution in [2.24, 2.45) is 0 Å². The van der Waals surface area contributed by atoms with E-state index >= 15 is 0 Å². The normalized spacial score (nSPS) is 16.0. The summed E-state index contributed by atoms with van der Waals surface area (Å²) in [6.45, 7) is 3.24. The van der Waals surface area contributed by atoms with E-state index in [4.69, 9.17) is 0 Å². The summed E-state index contributed by atoms with van der Waals surface area (Å²) in [4.78, 5) is 18.7.